The van der Waals surface area contributed by atoms with Crippen LogP contribution in [-0.4, -0.2) is 57.3 Å². The second-order valence-electron chi connectivity index (χ2n) is 6.70. The number of morpholine rings is 1. The largest absolute Gasteiger partial charge is 0.372 e. The van der Waals surface area contributed by atoms with Crippen molar-refractivity contribution in [2.45, 2.75) is 31.2 Å². The van der Waals surface area contributed by atoms with Crippen LogP contribution in [0.2, 0.25) is 0 Å². The minimum atomic E-state index is -0.113. The number of ether oxygens (including phenoxy) is 1. The van der Waals surface area contributed by atoms with Gasteiger partial charge in [0, 0.05) is 43.8 Å². The summed E-state index contributed by atoms with van der Waals surface area (Å²) in [6.45, 7) is 5.12. The van der Waals surface area contributed by atoms with Crippen molar-refractivity contribution in [2.24, 2.45) is 7.05 Å². The molecule has 2 atom stereocenters. The Bertz CT molecular complexity index is 796. The van der Waals surface area contributed by atoms with E-state index < -0.39 is 0 Å². The predicted molar refractivity (Wildman–Crippen MR) is 105 cm³/mol. The Morgan fingerprint density at radius 2 is 1.89 bits per heavy atom. The third kappa shape index (κ3) is 5.11. The Morgan fingerprint density at radius 3 is 2.48 bits per heavy atom. The highest BCUT2D eigenvalue weighted by atomic mass is 32.2. The van der Waals surface area contributed by atoms with Crippen molar-refractivity contribution < 1.29 is 14.3 Å². The molecule has 1 saturated heterocycles. The fourth-order valence-corrected chi connectivity index (χ4v) is 3.77. The van der Waals surface area contributed by atoms with Gasteiger partial charge < -0.3 is 19.5 Å². The summed E-state index contributed by atoms with van der Waals surface area (Å²) in [5.41, 5.74) is 1.28. The van der Waals surface area contributed by atoms with Crippen molar-refractivity contribution in [3.63, 3.8) is 0 Å². The van der Waals surface area contributed by atoms with E-state index in [0.29, 0.717) is 24.3 Å². The average Bonchev–Trinajstić information content (AvgIpc) is 3.04. The van der Waals surface area contributed by atoms with Crippen LogP contribution in [0.15, 0.2) is 41.8 Å². The lowest BCUT2D eigenvalue weighted by molar-refractivity contribution is -0.113. The van der Waals surface area contributed by atoms with E-state index in [4.69, 9.17) is 4.74 Å². The van der Waals surface area contributed by atoms with Crippen LogP contribution in [-0.2, 0) is 16.6 Å². The number of nitrogens with one attached hydrogen (secondary N) is 1. The molecule has 1 aromatic heterocycles. The van der Waals surface area contributed by atoms with E-state index in [1.165, 1.54) is 11.8 Å². The van der Waals surface area contributed by atoms with Gasteiger partial charge in [-0.2, -0.15) is 0 Å². The molecular weight excluding hydrogens is 364 g/mol. The molecule has 1 fully saturated rings. The van der Waals surface area contributed by atoms with Crippen molar-refractivity contribution in [1.82, 2.24) is 14.5 Å². The second-order valence-corrected chi connectivity index (χ2v) is 7.64. The fraction of sp³-hybridized carbons (Fsp3) is 0.421. The lowest BCUT2D eigenvalue weighted by Crippen LogP contribution is -2.48. The van der Waals surface area contributed by atoms with Crippen molar-refractivity contribution in [2.75, 3.05) is 24.2 Å². The van der Waals surface area contributed by atoms with Crippen molar-refractivity contribution in [3.8, 4) is 0 Å². The van der Waals surface area contributed by atoms with Gasteiger partial charge in [-0.1, -0.05) is 11.8 Å². The number of carbonyl (C=O) groups excluding carboxylic acids is 2. The van der Waals surface area contributed by atoms with Gasteiger partial charge in [0.25, 0.3) is 5.91 Å². The lowest BCUT2D eigenvalue weighted by atomic mass is 10.1. The highest BCUT2D eigenvalue weighted by Crippen LogP contribution is 2.18. The minimum Gasteiger partial charge on any atom is -0.372 e. The Morgan fingerprint density at radius 1 is 1.22 bits per heavy atom. The van der Waals surface area contributed by atoms with Crippen LogP contribution in [0.1, 0.15) is 24.2 Å². The summed E-state index contributed by atoms with van der Waals surface area (Å²) >= 11 is 1.38. The molecule has 3 rings (SSSR count). The van der Waals surface area contributed by atoms with Crippen LogP contribution in [0, 0.1) is 0 Å². The Kier molecular flexibility index (Phi) is 6.18. The van der Waals surface area contributed by atoms with Gasteiger partial charge >= 0.3 is 0 Å². The number of anilines is 1. The Hall–Kier alpha value is -2.32. The number of hydrogen-bond acceptors (Lipinski definition) is 5. The van der Waals surface area contributed by atoms with Crippen molar-refractivity contribution >= 4 is 29.3 Å². The van der Waals surface area contributed by atoms with Crippen molar-refractivity contribution in [3.05, 3.63) is 42.2 Å². The number of carbonyl (C=O) groups is 2. The first-order chi connectivity index (χ1) is 12.9. The number of nitrogens with zero attached hydrogens (tertiary/aromatic N) is 3. The first-order valence-corrected chi connectivity index (χ1v) is 9.85. The standard InChI is InChI=1S/C19H24N4O3S/c1-13-10-23(11-14(2)26-13)18(25)15-4-6-16(7-5-15)21-17(24)12-27-19-20-8-9-22(19)3/h4-9,13-14H,10-12H2,1-3H3,(H,21,24). The predicted octanol–water partition coefficient (Wildman–Crippen LogP) is 2.40. The number of aromatic nitrogens is 2. The fourth-order valence-electron chi connectivity index (χ4n) is 3.04. The maximum Gasteiger partial charge on any atom is 0.254 e. The first kappa shape index (κ1) is 19.4. The molecule has 1 N–H and O–H groups in total. The second kappa shape index (κ2) is 8.58. The van der Waals surface area contributed by atoms with E-state index in [2.05, 4.69) is 10.3 Å². The Labute approximate surface area is 163 Å². The van der Waals surface area contributed by atoms with Gasteiger partial charge in [-0.25, -0.2) is 4.98 Å². The number of imidazole rings is 1. The summed E-state index contributed by atoms with van der Waals surface area (Å²) in [5.74, 6) is 0.146. The van der Waals surface area contributed by atoms with Gasteiger partial charge in [-0.3, -0.25) is 9.59 Å². The smallest absolute Gasteiger partial charge is 0.254 e. The van der Waals surface area contributed by atoms with Crippen LogP contribution in [0.5, 0.6) is 0 Å². The topological polar surface area (TPSA) is 76.5 Å². The zero-order valence-corrected chi connectivity index (χ0v) is 16.5. The normalized spacial score (nSPS) is 19.7. The number of amides is 2. The molecule has 1 aromatic carbocycles. The molecule has 0 bridgehead atoms. The SMILES string of the molecule is CC1CN(C(=O)c2ccc(NC(=O)CSc3nccn3C)cc2)CC(C)O1. The van der Waals surface area contributed by atoms with Gasteiger partial charge in [0.15, 0.2) is 5.16 Å². The summed E-state index contributed by atoms with van der Waals surface area (Å²) in [5, 5.41) is 3.63. The third-order valence-corrected chi connectivity index (χ3v) is 5.29. The molecule has 2 unspecified atom stereocenters. The maximum atomic E-state index is 12.7. The summed E-state index contributed by atoms with van der Waals surface area (Å²) in [4.78, 5) is 30.8. The van der Waals surface area contributed by atoms with E-state index in [9.17, 15) is 9.59 Å². The average molecular weight is 388 g/mol. The molecule has 0 saturated carbocycles. The highest BCUT2D eigenvalue weighted by Gasteiger charge is 2.26. The molecule has 2 heterocycles. The number of thioether (sulfide) groups is 1. The number of aryl methyl sites for hydroxylation is 1. The molecule has 27 heavy (non-hydrogen) atoms. The number of hydrogen-bond donors (Lipinski definition) is 1. The van der Waals surface area contributed by atoms with E-state index in [-0.39, 0.29) is 29.8 Å². The van der Waals surface area contributed by atoms with Crippen molar-refractivity contribution in [1.29, 1.82) is 0 Å². The summed E-state index contributed by atoms with van der Waals surface area (Å²) in [6, 6.07) is 7.00. The molecule has 0 aliphatic carbocycles. The van der Waals surface area contributed by atoms with E-state index >= 15 is 0 Å². The third-order valence-electron chi connectivity index (χ3n) is 4.23. The molecule has 2 aromatic rings. The maximum absolute atomic E-state index is 12.7. The van der Waals surface area contributed by atoms with Crippen LogP contribution >= 0.6 is 11.8 Å². The molecular formula is C19H24N4O3S. The van der Waals surface area contributed by atoms with E-state index in [0.717, 1.165) is 5.16 Å². The van der Waals surface area contributed by atoms with Crippen LogP contribution in [0.4, 0.5) is 5.69 Å². The van der Waals surface area contributed by atoms with Crippen LogP contribution in [0.3, 0.4) is 0 Å². The molecule has 144 valence electrons. The highest BCUT2D eigenvalue weighted by molar-refractivity contribution is 7.99. The zero-order valence-electron chi connectivity index (χ0n) is 15.7. The van der Waals surface area contributed by atoms with Gasteiger partial charge in [-0.05, 0) is 38.1 Å². The molecule has 1 aliphatic rings. The lowest BCUT2D eigenvalue weighted by Gasteiger charge is -2.35. The van der Waals surface area contributed by atoms with Gasteiger partial charge in [-0.15, -0.1) is 0 Å². The molecule has 0 spiro atoms. The van der Waals surface area contributed by atoms with Crippen LogP contribution in [0.25, 0.3) is 0 Å². The molecule has 0 radical (unpaired) electrons. The van der Waals surface area contributed by atoms with Gasteiger partial charge in [0.2, 0.25) is 5.91 Å². The Balaban J connectivity index is 1.54. The molecule has 8 heteroatoms. The molecule has 7 nitrogen and oxygen atoms in total. The summed E-state index contributed by atoms with van der Waals surface area (Å²) in [7, 11) is 1.89. The van der Waals surface area contributed by atoms with E-state index in [1.807, 2.05) is 36.6 Å². The van der Waals surface area contributed by atoms with Crippen LogP contribution < -0.4 is 5.32 Å². The van der Waals surface area contributed by atoms with Gasteiger partial charge in [0.05, 0.1) is 18.0 Å². The number of rotatable bonds is 5. The monoisotopic (exact) mass is 388 g/mol. The molecule has 2 amide bonds. The van der Waals surface area contributed by atoms with E-state index in [1.54, 1.807) is 30.5 Å². The zero-order chi connectivity index (χ0) is 19.4. The molecule has 1 aliphatic heterocycles. The quantitative estimate of drug-likeness (QED) is 0.796. The summed E-state index contributed by atoms with van der Waals surface area (Å²) < 4.78 is 7.54. The van der Waals surface area contributed by atoms with Gasteiger partial charge in [0.1, 0.15) is 0 Å². The summed E-state index contributed by atoms with van der Waals surface area (Å²) in [6.07, 6.45) is 3.61. The first-order valence-electron chi connectivity index (χ1n) is 8.87. The number of benzene rings is 1. The minimum absolute atomic E-state index is 0.0137.